The van der Waals surface area contributed by atoms with Gasteiger partial charge in [0.05, 0.1) is 0 Å². The van der Waals surface area contributed by atoms with Crippen LogP contribution in [0.15, 0.2) is 72.8 Å². The Balaban J connectivity index is 2.21. The van der Waals surface area contributed by atoms with E-state index >= 15 is 8.78 Å². The molecule has 3 aromatic rings. The molecule has 1 atom stereocenters. The van der Waals surface area contributed by atoms with Crippen molar-refractivity contribution in [2.45, 2.75) is 23.4 Å². The fourth-order valence-corrected chi connectivity index (χ4v) is 4.39. The molecule has 0 bridgehead atoms. The Kier molecular flexibility index (Phi) is 4.94. The van der Waals surface area contributed by atoms with Gasteiger partial charge in [-0.1, -0.05) is 72.8 Å². The molecule has 10 heteroatoms. The largest absolute Gasteiger partial charge is 0.488 e. The van der Waals surface area contributed by atoms with Crippen molar-refractivity contribution in [2.75, 3.05) is 0 Å². The molecule has 0 saturated heterocycles. The maximum Gasteiger partial charge on any atom is 0.488 e. The molecule has 1 unspecified atom stereocenters. The molecule has 0 heterocycles. The fraction of sp³-hybridized carbons (Fsp3) is 0.182. The number of hydrogen-bond donors (Lipinski definition) is 2. The lowest BCUT2D eigenvalue weighted by molar-refractivity contribution is -0.363. The van der Waals surface area contributed by atoms with Gasteiger partial charge >= 0.3 is 25.1 Å². The van der Waals surface area contributed by atoms with Gasteiger partial charge in [0.1, 0.15) is 5.41 Å². The predicted octanol–water partition coefficient (Wildman–Crippen LogP) is 4.51. The molecule has 0 aromatic heterocycles. The third-order valence-corrected chi connectivity index (χ3v) is 5.80. The van der Waals surface area contributed by atoms with E-state index in [2.05, 4.69) is 0 Å². The number of benzene rings is 3. The van der Waals surface area contributed by atoms with Gasteiger partial charge in [0.15, 0.2) is 0 Å². The van der Waals surface area contributed by atoms with E-state index < -0.39 is 47.2 Å². The van der Waals surface area contributed by atoms with E-state index in [1.165, 1.54) is 48.5 Å². The Morgan fingerprint density at radius 3 is 1.81 bits per heavy atom. The van der Waals surface area contributed by atoms with Crippen molar-refractivity contribution in [3.05, 3.63) is 89.5 Å². The Morgan fingerprint density at radius 1 is 0.656 bits per heavy atom. The van der Waals surface area contributed by atoms with Gasteiger partial charge in [-0.15, -0.1) is 0 Å². The van der Waals surface area contributed by atoms with E-state index in [0.29, 0.717) is 0 Å². The highest BCUT2D eigenvalue weighted by molar-refractivity contribution is 6.58. The highest BCUT2D eigenvalue weighted by Crippen LogP contribution is 2.65. The second-order valence-corrected chi connectivity index (χ2v) is 7.49. The molecule has 0 saturated carbocycles. The number of alkyl halides is 7. The smallest absolute Gasteiger partial charge is 0.423 e. The van der Waals surface area contributed by atoms with Crippen LogP contribution in [0, 0.1) is 0 Å². The van der Waals surface area contributed by atoms with Crippen LogP contribution in [-0.2, 0) is 5.41 Å². The van der Waals surface area contributed by atoms with Gasteiger partial charge in [-0.05, 0) is 33.3 Å². The monoisotopic (exact) mass is 454 g/mol. The Morgan fingerprint density at radius 2 is 1.22 bits per heavy atom. The molecule has 0 amide bonds. The van der Waals surface area contributed by atoms with Gasteiger partial charge < -0.3 is 10.0 Å². The van der Waals surface area contributed by atoms with Crippen molar-refractivity contribution >= 4 is 12.6 Å². The Labute approximate surface area is 178 Å². The van der Waals surface area contributed by atoms with E-state index in [0.717, 1.165) is 24.3 Å². The van der Waals surface area contributed by atoms with Gasteiger partial charge in [-0.25, -0.2) is 0 Å². The van der Waals surface area contributed by atoms with Crippen molar-refractivity contribution in [3.63, 3.8) is 0 Å². The first-order valence-electron chi connectivity index (χ1n) is 9.35. The van der Waals surface area contributed by atoms with Crippen molar-refractivity contribution in [3.8, 4) is 11.1 Å². The summed E-state index contributed by atoms with van der Waals surface area (Å²) in [5.41, 5.74) is -5.07. The van der Waals surface area contributed by atoms with Crippen LogP contribution in [0.3, 0.4) is 0 Å². The summed E-state index contributed by atoms with van der Waals surface area (Å²) < 4.78 is 101. The molecule has 0 radical (unpaired) electrons. The van der Waals surface area contributed by atoms with E-state index in [4.69, 9.17) is 0 Å². The fourth-order valence-electron chi connectivity index (χ4n) is 4.39. The standard InChI is InChI=1S/C22H14BF7O2/c24-20(25,21(26,27)22(28,29)30)19(13-6-2-1-3-7-13)17-9-5-4-8-15(17)16-11-10-14(23(31)32)12-18(16)19/h1-12,31-32H. The lowest BCUT2D eigenvalue weighted by Gasteiger charge is -2.43. The summed E-state index contributed by atoms with van der Waals surface area (Å²) in [5, 5.41) is 19.1. The van der Waals surface area contributed by atoms with Gasteiger partial charge in [0.2, 0.25) is 0 Å². The zero-order valence-corrected chi connectivity index (χ0v) is 16.0. The number of halogens is 7. The van der Waals surface area contributed by atoms with Gasteiger partial charge in [-0.2, -0.15) is 30.7 Å². The number of hydrogen-bond acceptors (Lipinski definition) is 2. The topological polar surface area (TPSA) is 40.5 Å². The maximum absolute atomic E-state index is 15.8. The predicted molar refractivity (Wildman–Crippen MR) is 104 cm³/mol. The van der Waals surface area contributed by atoms with Gasteiger partial charge in [-0.3, -0.25) is 0 Å². The number of rotatable bonds is 4. The van der Waals surface area contributed by atoms with Crippen LogP contribution >= 0.6 is 0 Å². The quantitative estimate of drug-likeness (QED) is 0.450. The second kappa shape index (κ2) is 7.08. The van der Waals surface area contributed by atoms with Crippen LogP contribution in [0.25, 0.3) is 11.1 Å². The molecule has 0 spiro atoms. The minimum absolute atomic E-state index is 0.00787. The molecular formula is C22H14BF7O2. The van der Waals surface area contributed by atoms with Gasteiger partial charge in [0.25, 0.3) is 0 Å². The molecule has 166 valence electrons. The summed E-state index contributed by atoms with van der Waals surface area (Å²) in [6.45, 7) is 0. The molecule has 1 aliphatic carbocycles. The lowest BCUT2D eigenvalue weighted by Crippen LogP contribution is -2.62. The SMILES string of the molecule is OB(O)c1ccc2c(c1)C(c1ccccc1)(C(F)(F)C(F)(F)C(F)(F)F)c1ccccc1-2. The maximum atomic E-state index is 15.8. The third-order valence-electron chi connectivity index (χ3n) is 5.80. The van der Waals surface area contributed by atoms with Crippen LogP contribution in [0.5, 0.6) is 0 Å². The number of fused-ring (bicyclic) bond motifs is 3. The minimum atomic E-state index is -6.55. The van der Waals surface area contributed by atoms with Crippen molar-refractivity contribution in [1.82, 2.24) is 0 Å². The zero-order chi connectivity index (χ0) is 23.5. The van der Waals surface area contributed by atoms with E-state index in [1.54, 1.807) is 0 Å². The first-order chi connectivity index (χ1) is 14.9. The molecular weight excluding hydrogens is 440 g/mol. The van der Waals surface area contributed by atoms with Crippen LogP contribution in [0.1, 0.15) is 16.7 Å². The van der Waals surface area contributed by atoms with Gasteiger partial charge in [0, 0.05) is 0 Å². The molecule has 2 nitrogen and oxygen atoms in total. The summed E-state index contributed by atoms with van der Waals surface area (Å²) in [5.74, 6) is -12.1. The van der Waals surface area contributed by atoms with E-state index in [-0.39, 0.29) is 16.6 Å². The first kappa shape index (κ1) is 22.4. The Hall–Kier alpha value is -2.85. The van der Waals surface area contributed by atoms with E-state index in [1.807, 2.05) is 0 Å². The van der Waals surface area contributed by atoms with Crippen molar-refractivity contribution in [1.29, 1.82) is 0 Å². The molecule has 3 aromatic carbocycles. The third kappa shape index (κ3) is 2.75. The molecule has 32 heavy (non-hydrogen) atoms. The highest BCUT2D eigenvalue weighted by atomic mass is 19.4. The minimum Gasteiger partial charge on any atom is -0.423 e. The summed E-state index contributed by atoms with van der Waals surface area (Å²) >= 11 is 0. The molecule has 1 aliphatic rings. The Bertz CT molecular complexity index is 1160. The normalized spacial score (nSPS) is 18.3. The molecule has 2 N–H and O–H groups in total. The van der Waals surface area contributed by atoms with Crippen LogP contribution in [0.2, 0.25) is 0 Å². The summed E-state index contributed by atoms with van der Waals surface area (Å²) in [6, 6.07) is 14.4. The summed E-state index contributed by atoms with van der Waals surface area (Å²) in [6.07, 6.45) is -6.55. The molecule has 4 rings (SSSR count). The molecule has 0 fully saturated rings. The highest BCUT2D eigenvalue weighted by Gasteiger charge is 2.81. The summed E-state index contributed by atoms with van der Waals surface area (Å²) in [4.78, 5) is 0. The average molecular weight is 454 g/mol. The lowest BCUT2D eigenvalue weighted by atomic mass is 9.64. The van der Waals surface area contributed by atoms with Crippen molar-refractivity contribution < 1.29 is 40.8 Å². The van der Waals surface area contributed by atoms with Crippen LogP contribution in [-0.4, -0.2) is 35.2 Å². The zero-order valence-electron chi connectivity index (χ0n) is 16.0. The van der Waals surface area contributed by atoms with Crippen LogP contribution in [0.4, 0.5) is 30.7 Å². The first-order valence-corrected chi connectivity index (χ1v) is 9.35. The van der Waals surface area contributed by atoms with E-state index in [9.17, 15) is 32.0 Å². The molecule has 0 aliphatic heterocycles. The second-order valence-electron chi connectivity index (χ2n) is 7.49. The summed E-state index contributed by atoms with van der Waals surface area (Å²) in [7, 11) is -2.16. The van der Waals surface area contributed by atoms with Crippen molar-refractivity contribution in [2.24, 2.45) is 0 Å². The average Bonchev–Trinajstić information content (AvgIpc) is 3.04. The van der Waals surface area contributed by atoms with Crippen LogP contribution < -0.4 is 5.46 Å².